The molecule has 0 saturated carbocycles. The van der Waals surface area contributed by atoms with Crippen LogP contribution in [0.3, 0.4) is 0 Å². The van der Waals surface area contributed by atoms with Crippen molar-refractivity contribution in [3.05, 3.63) is 28.7 Å². The average Bonchev–Trinajstić information content (AvgIpc) is 2.08. The zero-order valence-corrected chi connectivity index (χ0v) is 9.06. The minimum Gasteiger partial charge on any atom is -0.480 e. The van der Waals surface area contributed by atoms with Gasteiger partial charge in [-0.15, -0.1) is 0 Å². The first kappa shape index (κ1) is 10.6. The Kier molecular flexibility index (Phi) is 4.27. The SMILES string of the molecule is O=C(O)CNSc1ccc(Br)cc1. The highest BCUT2D eigenvalue weighted by molar-refractivity contribution is 9.10. The predicted molar refractivity (Wildman–Crippen MR) is 55.6 cm³/mol. The first-order chi connectivity index (χ1) is 6.18. The number of aliphatic carboxylic acids is 1. The lowest BCUT2D eigenvalue weighted by Crippen LogP contribution is -2.15. The van der Waals surface area contributed by atoms with Gasteiger partial charge in [-0.3, -0.25) is 4.79 Å². The molecule has 1 aromatic carbocycles. The van der Waals surface area contributed by atoms with Crippen molar-refractivity contribution >= 4 is 33.8 Å². The van der Waals surface area contributed by atoms with Crippen molar-refractivity contribution < 1.29 is 9.90 Å². The fourth-order valence-electron chi connectivity index (χ4n) is 0.684. The van der Waals surface area contributed by atoms with Gasteiger partial charge in [0, 0.05) is 9.37 Å². The Hall–Kier alpha value is -0.520. The number of benzene rings is 1. The third-order valence-electron chi connectivity index (χ3n) is 1.23. The summed E-state index contributed by atoms with van der Waals surface area (Å²) in [6, 6.07) is 7.63. The van der Waals surface area contributed by atoms with Gasteiger partial charge in [0.1, 0.15) is 6.54 Å². The van der Waals surface area contributed by atoms with E-state index in [-0.39, 0.29) is 6.54 Å². The van der Waals surface area contributed by atoms with Gasteiger partial charge in [0.25, 0.3) is 0 Å². The van der Waals surface area contributed by atoms with Gasteiger partial charge in [-0.2, -0.15) is 0 Å². The van der Waals surface area contributed by atoms with Crippen LogP contribution in [-0.4, -0.2) is 17.6 Å². The quantitative estimate of drug-likeness (QED) is 0.816. The number of hydrogen-bond donors (Lipinski definition) is 2. The van der Waals surface area contributed by atoms with Crippen LogP contribution in [0.5, 0.6) is 0 Å². The Morgan fingerprint density at radius 2 is 2.08 bits per heavy atom. The minimum atomic E-state index is -0.857. The molecular weight excluding hydrogens is 254 g/mol. The molecule has 0 radical (unpaired) electrons. The van der Waals surface area contributed by atoms with Crippen LogP contribution in [0.15, 0.2) is 33.6 Å². The third kappa shape index (κ3) is 4.31. The molecule has 0 aliphatic heterocycles. The topological polar surface area (TPSA) is 49.3 Å². The van der Waals surface area contributed by atoms with Gasteiger partial charge >= 0.3 is 5.97 Å². The van der Waals surface area contributed by atoms with Crippen LogP contribution >= 0.6 is 27.9 Å². The van der Waals surface area contributed by atoms with E-state index >= 15 is 0 Å². The molecule has 0 saturated heterocycles. The van der Waals surface area contributed by atoms with E-state index in [1.807, 2.05) is 24.3 Å². The molecule has 0 aliphatic carbocycles. The Balaban J connectivity index is 2.37. The standard InChI is InChI=1S/C8H8BrNO2S/c9-6-1-3-7(4-2-6)13-10-5-8(11)12/h1-4,10H,5H2,(H,11,12). The van der Waals surface area contributed by atoms with E-state index in [0.717, 1.165) is 9.37 Å². The minimum absolute atomic E-state index is 0.0409. The van der Waals surface area contributed by atoms with Crippen molar-refractivity contribution in [2.75, 3.05) is 6.54 Å². The molecule has 0 heterocycles. The van der Waals surface area contributed by atoms with Crippen LogP contribution in [0, 0.1) is 0 Å². The van der Waals surface area contributed by atoms with Crippen LogP contribution < -0.4 is 4.72 Å². The largest absolute Gasteiger partial charge is 0.480 e. The molecule has 70 valence electrons. The fourth-order valence-corrected chi connectivity index (χ4v) is 1.58. The van der Waals surface area contributed by atoms with Crippen molar-refractivity contribution in [1.29, 1.82) is 0 Å². The Labute approximate surface area is 88.8 Å². The second-order valence-electron chi connectivity index (χ2n) is 2.27. The van der Waals surface area contributed by atoms with E-state index < -0.39 is 5.97 Å². The number of nitrogens with one attached hydrogen (secondary N) is 1. The molecule has 0 spiro atoms. The molecule has 5 heteroatoms. The highest BCUT2D eigenvalue weighted by atomic mass is 79.9. The summed E-state index contributed by atoms with van der Waals surface area (Å²) in [5.74, 6) is -0.857. The summed E-state index contributed by atoms with van der Waals surface area (Å²) in [4.78, 5) is 11.2. The number of hydrogen-bond acceptors (Lipinski definition) is 3. The smallest absolute Gasteiger partial charge is 0.318 e. The summed E-state index contributed by atoms with van der Waals surface area (Å²) in [6.07, 6.45) is 0. The van der Waals surface area contributed by atoms with E-state index in [1.165, 1.54) is 11.9 Å². The first-order valence-corrected chi connectivity index (χ1v) is 5.16. The molecule has 2 N–H and O–H groups in total. The zero-order valence-electron chi connectivity index (χ0n) is 6.66. The predicted octanol–water partition coefficient (Wildman–Crippen LogP) is 2.13. The highest BCUT2D eigenvalue weighted by Gasteiger charge is 1.96. The summed E-state index contributed by atoms with van der Waals surface area (Å²) in [6.45, 7) is -0.0409. The lowest BCUT2D eigenvalue weighted by atomic mass is 10.4. The number of rotatable bonds is 4. The lowest BCUT2D eigenvalue weighted by Gasteiger charge is -2.00. The lowest BCUT2D eigenvalue weighted by molar-refractivity contribution is -0.135. The van der Waals surface area contributed by atoms with Crippen molar-refractivity contribution in [2.45, 2.75) is 4.90 Å². The van der Waals surface area contributed by atoms with Crippen molar-refractivity contribution in [3.8, 4) is 0 Å². The first-order valence-electron chi connectivity index (χ1n) is 3.55. The molecule has 0 bridgehead atoms. The normalized spacial score (nSPS) is 9.92. The van der Waals surface area contributed by atoms with Gasteiger partial charge < -0.3 is 5.11 Å². The Morgan fingerprint density at radius 1 is 1.46 bits per heavy atom. The molecule has 1 aromatic rings. The second-order valence-corrected chi connectivity index (χ2v) is 4.15. The van der Waals surface area contributed by atoms with E-state index in [0.29, 0.717) is 0 Å². The monoisotopic (exact) mass is 261 g/mol. The van der Waals surface area contributed by atoms with E-state index in [9.17, 15) is 4.79 Å². The van der Waals surface area contributed by atoms with E-state index in [4.69, 9.17) is 5.11 Å². The molecule has 0 aliphatic rings. The molecule has 1 rings (SSSR count). The van der Waals surface area contributed by atoms with Crippen LogP contribution in [0.25, 0.3) is 0 Å². The van der Waals surface area contributed by atoms with Crippen LogP contribution in [0.2, 0.25) is 0 Å². The summed E-state index contributed by atoms with van der Waals surface area (Å²) in [5.41, 5.74) is 0. The van der Waals surface area contributed by atoms with E-state index in [2.05, 4.69) is 20.7 Å². The molecule has 3 nitrogen and oxygen atoms in total. The molecule has 0 atom stereocenters. The van der Waals surface area contributed by atoms with Crippen LogP contribution in [0.4, 0.5) is 0 Å². The number of carbonyl (C=O) groups is 1. The van der Waals surface area contributed by atoms with Gasteiger partial charge in [0.15, 0.2) is 0 Å². The molecule has 13 heavy (non-hydrogen) atoms. The van der Waals surface area contributed by atoms with E-state index in [1.54, 1.807) is 0 Å². The van der Waals surface area contributed by atoms with Gasteiger partial charge in [-0.25, -0.2) is 4.72 Å². The van der Waals surface area contributed by atoms with Gasteiger partial charge in [0.2, 0.25) is 0 Å². The molecule has 0 amide bonds. The third-order valence-corrected chi connectivity index (χ3v) is 2.55. The van der Waals surface area contributed by atoms with Gasteiger partial charge in [-0.1, -0.05) is 15.9 Å². The highest BCUT2D eigenvalue weighted by Crippen LogP contribution is 2.17. The number of carboxylic acid groups (broad SMARTS) is 1. The number of carboxylic acids is 1. The van der Waals surface area contributed by atoms with Crippen LogP contribution in [-0.2, 0) is 4.79 Å². The van der Waals surface area contributed by atoms with Crippen LogP contribution in [0.1, 0.15) is 0 Å². The van der Waals surface area contributed by atoms with Gasteiger partial charge in [-0.05, 0) is 36.2 Å². The summed E-state index contributed by atoms with van der Waals surface area (Å²) in [5, 5.41) is 8.35. The average molecular weight is 262 g/mol. The molecular formula is C8H8BrNO2S. The molecule has 0 unspecified atom stereocenters. The van der Waals surface area contributed by atoms with Crippen molar-refractivity contribution in [2.24, 2.45) is 0 Å². The fraction of sp³-hybridized carbons (Fsp3) is 0.125. The maximum atomic E-state index is 10.2. The summed E-state index contributed by atoms with van der Waals surface area (Å²) < 4.78 is 3.73. The maximum Gasteiger partial charge on any atom is 0.318 e. The maximum absolute atomic E-state index is 10.2. The van der Waals surface area contributed by atoms with Crippen molar-refractivity contribution in [3.63, 3.8) is 0 Å². The Morgan fingerprint density at radius 3 is 2.62 bits per heavy atom. The van der Waals surface area contributed by atoms with Crippen molar-refractivity contribution in [1.82, 2.24) is 4.72 Å². The molecule has 0 fully saturated rings. The summed E-state index contributed by atoms with van der Waals surface area (Å²) >= 11 is 4.62. The Bertz CT molecular complexity index is 289. The van der Waals surface area contributed by atoms with Gasteiger partial charge in [0.05, 0.1) is 0 Å². The molecule has 0 aromatic heterocycles. The zero-order chi connectivity index (χ0) is 9.68. The summed E-state index contributed by atoms with van der Waals surface area (Å²) in [7, 11) is 0. The second kappa shape index (κ2) is 5.26. The number of halogens is 1.